The lowest BCUT2D eigenvalue weighted by Gasteiger charge is -2.21. The first-order valence-corrected chi connectivity index (χ1v) is 6.08. The van der Waals surface area contributed by atoms with Crippen LogP contribution in [0.25, 0.3) is 0 Å². The predicted molar refractivity (Wildman–Crippen MR) is 65.8 cm³/mol. The Labute approximate surface area is 113 Å². The molecule has 3 N–H and O–H groups in total. The maximum atomic E-state index is 12.3. The van der Waals surface area contributed by atoms with Gasteiger partial charge in [0.2, 0.25) is 0 Å². The lowest BCUT2D eigenvalue weighted by atomic mass is 9.99. The predicted octanol–water partition coefficient (Wildman–Crippen LogP) is -0.789. The van der Waals surface area contributed by atoms with Crippen LogP contribution in [-0.2, 0) is 4.79 Å². The van der Waals surface area contributed by atoms with Gasteiger partial charge >= 0.3 is 6.03 Å². The van der Waals surface area contributed by atoms with Crippen LogP contribution in [0.3, 0.4) is 0 Å². The molecule has 1 aromatic heterocycles. The second kappa shape index (κ2) is 4.19. The minimum Gasteiger partial charge on any atom is -0.505 e. The fourth-order valence-electron chi connectivity index (χ4n) is 2.54. The van der Waals surface area contributed by atoms with Crippen molar-refractivity contribution in [1.29, 1.82) is 0 Å². The largest absolute Gasteiger partial charge is 0.505 e. The zero-order chi connectivity index (χ0) is 14.3. The minimum absolute atomic E-state index is 0.0885. The highest BCUT2D eigenvalue weighted by molar-refractivity contribution is 6.08. The van der Waals surface area contributed by atoms with Gasteiger partial charge in [-0.3, -0.25) is 19.9 Å². The van der Waals surface area contributed by atoms with Crippen LogP contribution in [0.5, 0.6) is 5.75 Å². The highest BCUT2D eigenvalue weighted by Gasteiger charge is 2.51. The van der Waals surface area contributed by atoms with Crippen LogP contribution < -0.4 is 10.6 Å². The molecule has 8 heteroatoms. The van der Waals surface area contributed by atoms with E-state index in [0.29, 0.717) is 13.0 Å². The van der Waals surface area contributed by atoms with Crippen LogP contribution in [0.2, 0.25) is 0 Å². The Morgan fingerprint density at radius 1 is 1.45 bits per heavy atom. The molecule has 8 nitrogen and oxygen atoms in total. The summed E-state index contributed by atoms with van der Waals surface area (Å²) in [4.78, 5) is 40.4. The third-order valence-electron chi connectivity index (χ3n) is 3.60. The Balaban J connectivity index is 1.81. The van der Waals surface area contributed by atoms with Crippen molar-refractivity contribution in [2.75, 3.05) is 13.1 Å². The maximum absolute atomic E-state index is 12.3. The summed E-state index contributed by atoms with van der Waals surface area (Å²) in [6.07, 6.45) is 2.94. The Hall–Kier alpha value is -2.64. The summed E-state index contributed by atoms with van der Waals surface area (Å²) in [5, 5.41) is 14.4. The molecule has 2 aliphatic heterocycles. The van der Waals surface area contributed by atoms with Crippen LogP contribution in [0.1, 0.15) is 16.8 Å². The molecule has 0 bridgehead atoms. The number of pyridine rings is 1. The number of imide groups is 1. The second-order valence-corrected chi connectivity index (χ2v) is 4.86. The SMILES string of the molecule is O=C1NC(=O)C2(CCN(C(=O)c3ccncc3O)C2)N1. The molecule has 20 heavy (non-hydrogen) atoms. The molecule has 2 fully saturated rings. The highest BCUT2D eigenvalue weighted by atomic mass is 16.3. The zero-order valence-corrected chi connectivity index (χ0v) is 10.4. The summed E-state index contributed by atoms with van der Waals surface area (Å²) in [7, 11) is 0. The number of likely N-dealkylation sites (tertiary alicyclic amines) is 1. The molecule has 3 heterocycles. The number of aromatic hydroxyl groups is 1. The van der Waals surface area contributed by atoms with E-state index in [1.54, 1.807) is 0 Å². The number of carbonyl (C=O) groups is 3. The highest BCUT2D eigenvalue weighted by Crippen LogP contribution is 2.27. The van der Waals surface area contributed by atoms with Crippen LogP contribution in [0.4, 0.5) is 4.79 Å². The number of carbonyl (C=O) groups excluding carboxylic acids is 3. The smallest absolute Gasteiger partial charge is 0.322 e. The summed E-state index contributed by atoms with van der Waals surface area (Å²) in [5.74, 6) is -1.02. The maximum Gasteiger partial charge on any atom is 0.322 e. The third-order valence-corrected chi connectivity index (χ3v) is 3.60. The van der Waals surface area contributed by atoms with Crippen molar-refractivity contribution >= 4 is 17.8 Å². The first-order chi connectivity index (χ1) is 9.52. The van der Waals surface area contributed by atoms with Crippen LogP contribution >= 0.6 is 0 Å². The van der Waals surface area contributed by atoms with E-state index in [0.717, 1.165) is 0 Å². The summed E-state index contributed by atoms with van der Waals surface area (Å²) in [5.41, 5.74) is -0.920. The van der Waals surface area contributed by atoms with Gasteiger partial charge in [0.1, 0.15) is 11.3 Å². The van der Waals surface area contributed by atoms with Crippen molar-refractivity contribution < 1.29 is 19.5 Å². The normalized spacial score (nSPS) is 24.9. The number of nitrogens with zero attached hydrogens (tertiary/aromatic N) is 2. The average molecular weight is 276 g/mol. The molecule has 104 valence electrons. The van der Waals surface area contributed by atoms with Gasteiger partial charge in [0.25, 0.3) is 11.8 Å². The molecule has 1 spiro atoms. The Morgan fingerprint density at radius 2 is 2.25 bits per heavy atom. The molecule has 0 saturated carbocycles. The molecule has 3 rings (SSSR count). The molecule has 0 radical (unpaired) electrons. The van der Waals surface area contributed by atoms with Gasteiger partial charge in [-0.2, -0.15) is 0 Å². The number of nitrogens with one attached hydrogen (secondary N) is 2. The Kier molecular flexibility index (Phi) is 2.60. The first-order valence-electron chi connectivity index (χ1n) is 6.08. The van der Waals surface area contributed by atoms with Crippen molar-refractivity contribution in [2.45, 2.75) is 12.0 Å². The van der Waals surface area contributed by atoms with E-state index in [1.165, 1.54) is 23.4 Å². The van der Waals surface area contributed by atoms with Crippen LogP contribution in [-0.4, -0.2) is 51.5 Å². The molecule has 0 aromatic carbocycles. The van der Waals surface area contributed by atoms with Crippen molar-refractivity contribution in [3.63, 3.8) is 0 Å². The Bertz CT molecular complexity index is 617. The van der Waals surface area contributed by atoms with E-state index in [9.17, 15) is 19.5 Å². The molecule has 2 saturated heterocycles. The lowest BCUT2D eigenvalue weighted by molar-refractivity contribution is -0.123. The third kappa shape index (κ3) is 1.77. The van der Waals surface area contributed by atoms with Gasteiger partial charge in [-0.1, -0.05) is 0 Å². The molecular weight excluding hydrogens is 264 g/mol. The number of rotatable bonds is 1. The van der Waals surface area contributed by atoms with Crippen molar-refractivity contribution in [2.24, 2.45) is 0 Å². The molecule has 4 amide bonds. The van der Waals surface area contributed by atoms with Crippen molar-refractivity contribution in [3.8, 4) is 5.75 Å². The van der Waals surface area contributed by atoms with Gasteiger partial charge in [0.15, 0.2) is 0 Å². The number of aromatic nitrogens is 1. The molecule has 2 aliphatic rings. The van der Waals surface area contributed by atoms with E-state index in [2.05, 4.69) is 15.6 Å². The summed E-state index contributed by atoms with van der Waals surface area (Å²) in [6.45, 7) is 0.416. The lowest BCUT2D eigenvalue weighted by Crippen LogP contribution is -2.49. The molecule has 1 aromatic rings. The average Bonchev–Trinajstić information content (AvgIpc) is 2.95. The van der Waals surface area contributed by atoms with Crippen LogP contribution in [0, 0.1) is 0 Å². The van der Waals surface area contributed by atoms with Gasteiger partial charge in [0.05, 0.1) is 18.3 Å². The number of hydrogen-bond donors (Lipinski definition) is 3. The molecule has 1 unspecified atom stereocenters. The van der Waals surface area contributed by atoms with E-state index >= 15 is 0 Å². The van der Waals surface area contributed by atoms with E-state index in [1.807, 2.05) is 0 Å². The fraction of sp³-hybridized carbons (Fsp3) is 0.333. The summed E-state index contributed by atoms with van der Waals surface area (Å²) in [6, 6.07) is 0.867. The quantitative estimate of drug-likeness (QED) is 0.582. The van der Waals surface area contributed by atoms with E-state index in [4.69, 9.17) is 0 Å². The zero-order valence-electron chi connectivity index (χ0n) is 10.4. The van der Waals surface area contributed by atoms with Crippen molar-refractivity contribution in [3.05, 3.63) is 24.0 Å². The molecule has 0 aliphatic carbocycles. The van der Waals surface area contributed by atoms with Gasteiger partial charge in [0, 0.05) is 12.7 Å². The number of amides is 4. The number of urea groups is 1. The minimum atomic E-state index is -1.05. The van der Waals surface area contributed by atoms with E-state index < -0.39 is 23.4 Å². The summed E-state index contributed by atoms with van der Waals surface area (Å²) < 4.78 is 0. The van der Waals surface area contributed by atoms with Gasteiger partial charge in [-0.25, -0.2) is 4.79 Å². The summed E-state index contributed by atoms with van der Waals surface area (Å²) >= 11 is 0. The fourth-order valence-corrected chi connectivity index (χ4v) is 2.54. The second-order valence-electron chi connectivity index (χ2n) is 4.86. The monoisotopic (exact) mass is 276 g/mol. The molecule has 1 atom stereocenters. The topological polar surface area (TPSA) is 112 Å². The van der Waals surface area contributed by atoms with Crippen LogP contribution in [0.15, 0.2) is 18.5 Å². The molecular formula is C12H12N4O4. The number of hydrogen-bond acceptors (Lipinski definition) is 5. The Morgan fingerprint density at radius 3 is 2.90 bits per heavy atom. The van der Waals surface area contributed by atoms with Gasteiger partial charge in [-0.15, -0.1) is 0 Å². The van der Waals surface area contributed by atoms with Gasteiger partial charge in [-0.05, 0) is 12.5 Å². The first kappa shape index (κ1) is 12.4. The van der Waals surface area contributed by atoms with Gasteiger partial charge < -0.3 is 15.3 Å². The standard InChI is InChI=1S/C12H12N4O4/c17-8-5-13-3-1-7(8)9(18)16-4-2-12(6-16)10(19)14-11(20)15-12/h1,3,5,17H,2,4,6H2,(H2,14,15,19,20). The van der Waals surface area contributed by atoms with E-state index in [-0.39, 0.29) is 17.9 Å². The van der Waals surface area contributed by atoms with Crippen molar-refractivity contribution in [1.82, 2.24) is 20.5 Å².